The van der Waals surface area contributed by atoms with Gasteiger partial charge < -0.3 is 10.6 Å². The number of thiophene rings is 1. The summed E-state index contributed by atoms with van der Waals surface area (Å²) >= 11 is 7.96. The number of hydrogen-bond donors (Lipinski definition) is 1. The summed E-state index contributed by atoms with van der Waals surface area (Å²) < 4.78 is 1.81. The largest absolute Gasteiger partial charge is 0.389 e. The molecule has 1 aromatic carbocycles. The van der Waals surface area contributed by atoms with Crippen LogP contribution in [0.1, 0.15) is 21.7 Å². The molecule has 1 aliphatic rings. The molecule has 3 aromatic heterocycles. The minimum atomic E-state index is 0.576. The van der Waals surface area contributed by atoms with Crippen LogP contribution in [0.25, 0.3) is 16.6 Å². The van der Waals surface area contributed by atoms with Crippen molar-refractivity contribution in [3.63, 3.8) is 0 Å². The number of anilines is 2. The fourth-order valence-corrected chi connectivity index (χ4v) is 4.98. The van der Waals surface area contributed by atoms with Crippen LogP contribution in [-0.2, 0) is 13.0 Å². The van der Waals surface area contributed by atoms with Crippen LogP contribution in [0.2, 0.25) is 5.02 Å². The van der Waals surface area contributed by atoms with E-state index in [1.807, 2.05) is 29.6 Å². The number of rotatable bonds is 1. The maximum atomic E-state index is 9.37. The van der Waals surface area contributed by atoms with Gasteiger partial charge in [0, 0.05) is 16.8 Å². The van der Waals surface area contributed by atoms with Crippen molar-refractivity contribution in [3.8, 4) is 6.07 Å². The Morgan fingerprint density at radius 2 is 2.15 bits per heavy atom. The molecule has 1 aliphatic heterocycles. The number of halogens is 1. The Kier molecular flexibility index (Phi) is 3.54. The number of nitrogens with zero attached hydrogens (tertiary/aromatic N) is 5. The first kappa shape index (κ1) is 16.4. The first-order valence-corrected chi connectivity index (χ1v) is 9.76. The zero-order chi connectivity index (χ0) is 18.7. The van der Waals surface area contributed by atoms with Crippen molar-refractivity contribution in [1.82, 2.24) is 14.6 Å². The molecule has 0 amide bonds. The average molecular weight is 395 g/mol. The number of aromatic nitrogens is 3. The third-order valence-corrected chi connectivity index (χ3v) is 6.53. The minimum absolute atomic E-state index is 0.576. The summed E-state index contributed by atoms with van der Waals surface area (Å²) in [6.45, 7) is 3.34. The molecule has 0 unspecified atom stereocenters. The van der Waals surface area contributed by atoms with Gasteiger partial charge in [-0.2, -0.15) is 10.4 Å². The van der Waals surface area contributed by atoms with Gasteiger partial charge in [0.05, 0.1) is 23.3 Å². The van der Waals surface area contributed by atoms with Gasteiger partial charge in [-0.3, -0.25) is 0 Å². The lowest BCUT2D eigenvalue weighted by atomic mass is 10.0. The van der Waals surface area contributed by atoms with Gasteiger partial charge in [0.15, 0.2) is 5.65 Å². The summed E-state index contributed by atoms with van der Waals surface area (Å²) in [7, 11) is 0. The van der Waals surface area contributed by atoms with Crippen LogP contribution in [0.3, 0.4) is 0 Å². The second-order valence-electron chi connectivity index (χ2n) is 6.61. The third-order valence-electron chi connectivity index (χ3n) is 5.04. The Morgan fingerprint density at radius 1 is 1.33 bits per heavy atom. The highest BCUT2D eigenvalue weighted by molar-refractivity contribution is 7.16. The van der Waals surface area contributed by atoms with E-state index in [0.717, 1.165) is 45.8 Å². The highest BCUT2D eigenvalue weighted by atomic mass is 35.5. The molecule has 27 heavy (non-hydrogen) atoms. The summed E-state index contributed by atoms with van der Waals surface area (Å²) in [6.07, 6.45) is 0.777. The van der Waals surface area contributed by atoms with Crippen molar-refractivity contribution in [2.75, 3.05) is 17.2 Å². The summed E-state index contributed by atoms with van der Waals surface area (Å²) in [4.78, 5) is 8.25. The first-order chi connectivity index (χ1) is 13.1. The van der Waals surface area contributed by atoms with Gasteiger partial charge >= 0.3 is 0 Å². The minimum Gasteiger partial charge on any atom is -0.389 e. The predicted molar refractivity (Wildman–Crippen MR) is 108 cm³/mol. The fraction of sp³-hybridized carbons (Fsp3) is 0.211. The molecule has 0 fully saturated rings. The van der Waals surface area contributed by atoms with Crippen LogP contribution in [0.5, 0.6) is 0 Å². The monoisotopic (exact) mass is 394 g/mol. The van der Waals surface area contributed by atoms with Crippen LogP contribution in [0.15, 0.2) is 24.3 Å². The number of fused-ring (bicyclic) bond motifs is 4. The van der Waals surface area contributed by atoms with E-state index in [4.69, 9.17) is 22.3 Å². The molecule has 0 atom stereocenters. The smallest absolute Gasteiger partial charge is 0.176 e. The molecule has 8 heteroatoms. The maximum Gasteiger partial charge on any atom is 0.176 e. The molecule has 4 aromatic rings. The molecular formula is C19H15ClN6S. The van der Waals surface area contributed by atoms with Crippen molar-refractivity contribution < 1.29 is 0 Å². The fourth-order valence-electron chi connectivity index (χ4n) is 3.74. The van der Waals surface area contributed by atoms with Crippen molar-refractivity contribution >= 4 is 50.3 Å². The zero-order valence-corrected chi connectivity index (χ0v) is 16.1. The Balaban J connectivity index is 1.70. The molecule has 0 spiro atoms. The predicted octanol–water partition coefficient (Wildman–Crippen LogP) is 3.92. The number of nitrogens with two attached hydrogens (primary N) is 1. The van der Waals surface area contributed by atoms with E-state index in [1.54, 1.807) is 0 Å². The van der Waals surface area contributed by atoms with Crippen LogP contribution in [0.4, 0.5) is 10.8 Å². The second kappa shape index (κ2) is 5.84. The van der Waals surface area contributed by atoms with Gasteiger partial charge in [0.1, 0.15) is 21.9 Å². The van der Waals surface area contributed by atoms with E-state index in [2.05, 4.69) is 22.1 Å². The summed E-state index contributed by atoms with van der Waals surface area (Å²) in [5.74, 6) is 0.885. The van der Waals surface area contributed by atoms with Crippen molar-refractivity contribution in [1.29, 1.82) is 5.26 Å². The topological polar surface area (TPSA) is 83.2 Å². The summed E-state index contributed by atoms with van der Waals surface area (Å²) in [6, 6.07) is 10.3. The molecule has 0 aliphatic carbocycles. The zero-order valence-electron chi connectivity index (χ0n) is 14.5. The van der Waals surface area contributed by atoms with Crippen molar-refractivity contribution in [3.05, 3.63) is 51.0 Å². The lowest BCUT2D eigenvalue weighted by Crippen LogP contribution is -2.30. The normalized spacial score (nSPS) is 13.9. The lowest BCUT2D eigenvalue weighted by molar-refractivity contribution is 0.735. The third kappa shape index (κ3) is 2.30. The Bertz CT molecular complexity index is 1270. The number of hydrogen-bond acceptors (Lipinski definition) is 6. The number of nitriles is 1. The molecule has 2 N–H and O–H groups in total. The van der Waals surface area contributed by atoms with Gasteiger partial charge in [-0.15, -0.1) is 11.3 Å². The molecule has 0 saturated carbocycles. The molecular weight excluding hydrogens is 380 g/mol. The van der Waals surface area contributed by atoms with Crippen molar-refractivity contribution in [2.45, 2.75) is 19.9 Å². The first-order valence-electron chi connectivity index (χ1n) is 8.57. The molecule has 134 valence electrons. The van der Waals surface area contributed by atoms with Gasteiger partial charge in [-0.1, -0.05) is 23.7 Å². The Morgan fingerprint density at radius 3 is 2.96 bits per heavy atom. The number of benzene rings is 1. The quantitative estimate of drug-likeness (QED) is 0.529. The van der Waals surface area contributed by atoms with E-state index in [-0.39, 0.29) is 0 Å². The van der Waals surface area contributed by atoms with E-state index in [1.165, 1.54) is 11.3 Å². The van der Waals surface area contributed by atoms with Gasteiger partial charge in [0.2, 0.25) is 0 Å². The number of para-hydroxylation sites is 1. The van der Waals surface area contributed by atoms with E-state index in [9.17, 15) is 5.26 Å². The second-order valence-corrected chi connectivity index (χ2v) is 8.13. The molecule has 0 bridgehead atoms. The van der Waals surface area contributed by atoms with Crippen LogP contribution in [0, 0.1) is 18.3 Å². The summed E-state index contributed by atoms with van der Waals surface area (Å²) in [5.41, 5.74) is 10.2. The maximum absolute atomic E-state index is 9.37. The molecule has 6 nitrogen and oxygen atoms in total. The molecule has 5 rings (SSSR count). The van der Waals surface area contributed by atoms with E-state index < -0.39 is 0 Å². The van der Waals surface area contributed by atoms with Gasteiger partial charge in [0.25, 0.3) is 0 Å². The van der Waals surface area contributed by atoms with Crippen LogP contribution >= 0.6 is 22.9 Å². The van der Waals surface area contributed by atoms with Gasteiger partial charge in [-0.25, -0.2) is 9.50 Å². The van der Waals surface area contributed by atoms with Crippen LogP contribution < -0.4 is 10.6 Å². The van der Waals surface area contributed by atoms with Crippen LogP contribution in [-0.4, -0.2) is 21.1 Å². The van der Waals surface area contributed by atoms with Crippen molar-refractivity contribution in [2.24, 2.45) is 0 Å². The Hall–Kier alpha value is -2.82. The molecule has 0 radical (unpaired) electrons. The standard InChI is InChI=1S/C19H15ClN6S/c1-10-16(20)19-23-18(12-4-2-3-5-14(12)26(19)24-10)25-7-6-11-13(8-21)17(22)27-15(11)9-25/h2-5H,6-7,9,22H2,1H3. The number of nitrogen functional groups attached to an aromatic ring is 1. The molecule has 0 saturated heterocycles. The molecule has 4 heterocycles. The highest BCUT2D eigenvalue weighted by Crippen LogP contribution is 2.38. The van der Waals surface area contributed by atoms with Gasteiger partial charge in [-0.05, 0) is 31.0 Å². The summed E-state index contributed by atoms with van der Waals surface area (Å²) in [5, 5.41) is 16.1. The van der Waals surface area contributed by atoms with E-state index >= 15 is 0 Å². The SMILES string of the molecule is Cc1nn2c(nc(N3CCc4c(sc(N)c4C#N)C3)c3ccccc32)c1Cl. The Labute approximate surface area is 164 Å². The van der Waals surface area contributed by atoms with E-state index in [0.29, 0.717) is 27.8 Å². The number of aryl methyl sites for hydroxylation is 1. The lowest BCUT2D eigenvalue weighted by Gasteiger charge is -2.29. The average Bonchev–Trinajstić information content (AvgIpc) is 3.16. The highest BCUT2D eigenvalue weighted by Gasteiger charge is 2.26.